The second kappa shape index (κ2) is 11.6. The van der Waals surface area contributed by atoms with Crippen LogP contribution in [0.15, 0.2) is 53.2 Å². The number of amides is 3. The fraction of sp³-hybridized carbons (Fsp3) is 0.333. The Kier molecular flexibility index (Phi) is 7.90. The molecular weight excluding hydrogens is 538 g/mol. The number of methoxy groups -OCH3 is 1. The number of nitrogens with one attached hydrogen (secondary N) is 2. The van der Waals surface area contributed by atoms with Gasteiger partial charge in [-0.05, 0) is 31.3 Å². The van der Waals surface area contributed by atoms with Crippen molar-refractivity contribution in [1.29, 1.82) is 0 Å². The Morgan fingerprint density at radius 1 is 1.00 bits per heavy atom. The predicted molar refractivity (Wildman–Crippen MR) is 161 cm³/mol. The number of rotatable bonds is 7. The largest absolute Gasteiger partial charge is 0.496 e. The first-order valence-corrected chi connectivity index (χ1v) is 13.6. The number of ether oxygens (including phenoxy) is 2. The summed E-state index contributed by atoms with van der Waals surface area (Å²) in [5.74, 6) is 1.76. The van der Waals surface area contributed by atoms with Crippen LogP contribution < -0.4 is 30.7 Å². The van der Waals surface area contributed by atoms with E-state index in [1.807, 2.05) is 26.8 Å². The summed E-state index contributed by atoms with van der Waals surface area (Å²) in [6.45, 7) is 9.31. The van der Waals surface area contributed by atoms with Crippen LogP contribution in [0.4, 0.5) is 22.0 Å². The van der Waals surface area contributed by atoms with E-state index in [9.17, 15) is 9.59 Å². The number of nitrogens with zero attached hydrogens (tertiary/aromatic N) is 4. The number of anilines is 3. The van der Waals surface area contributed by atoms with Gasteiger partial charge in [0.2, 0.25) is 0 Å². The molecule has 12 nitrogen and oxygen atoms in total. The number of primary amides is 1. The maximum atomic E-state index is 13.0. The lowest BCUT2D eigenvalue weighted by molar-refractivity contribution is 0.0997. The number of fused-ring (bicyclic) bond motifs is 1. The number of hydrogen-bond acceptors (Lipinski definition) is 9. The summed E-state index contributed by atoms with van der Waals surface area (Å²) in [4.78, 5) is 33.9. The summed E-state index contributed by atoms with van der Waals surface area (Å²) in [5.41, 5.74) is 7.59. The smallest absolute Gasteiger partial charge is 0.325 e. The molecule has 1 saturated heterocycles. The monoisotopic (exact) mass is 573 g/mol. The SMILES string of the molecule is COc1cc2nccc(Oc3ccc(NC(=O)Nc4cc(C(C)(C)C)on4)c(N4CCN(C)CC4)c3)c2cc1C(N)=O. The molecule has 0 radical (unpaired) electrons. The molecule has 0 atom stereocenters. The average molecular weight is 574 g/mol. The minimum Gasteiger partial charge on any atom is -0.496 e. The Balaban J connectivity index is 1.44. The highest BCUT2D eigenvalue weighted by Gasteiger charge is 2.22. The first kappa shape index (κ1) is 28.7. The molecule has 2 aromatic heterocycles. The Bertz CT molecular complexity index is 1620. The highest BCUT2D eigenvalue weighted by atomic mass is 16.5. The van der Waals surface area contributed by atoms with Crippen molar-refractivity contribution < 1.29 is 23.6 Å². The van der Waals surface area contributed by atoms with Crippen LogP contribution in [0, 0.1) is 0 Å². The van der Waals surface area contributed by atoms with E-state index in [-0.39, 0.29) is 11.0 Å². The third kappa shape index (κ3) is 6.23. The number of urea groups is 1. The van der Waals surface area contributed by atoms with Gasteiger partial charge in [0.1, 0.15) is 23.0 Å². The van der Waals surface area contributed by atoms with Gasteiger partial charge in [-0.15, -0.1) is 0 Å². The zero-order valence-corrected chi connectivity index (χ0v) is 24.4. The second-order valence-electron chi connectivity index (χ2n) is 11.2. The van der Waals surface area contributed by atoms with Gasteiger partial charge >= 0.3 is 6.03 Å². The minimum absolute atomic E-state index is 0.230. The molecule has 42 heavy (non-hydrogen) atoms. The lowest BCUT2D eigenvalue weighted by Crippen LogP contribution is -2.44. The van der Waals surface area contributed by atoms with Crippen LogP contribution in [0.1, 0.15) is 36.9 Å². The van der Waals surface area contributed by atoms with Gasteiger partial charge in [0.25, 0.3) is 5.91 Å². The molecule has 0 bridgehead atoms. The van der Waals surface area contributed by atoms with Crippen LogP contribution in [-0.2, 0) is 5.41 Å². The number of carbonyl (C=O) groups excluding carboxylic acids is 2. The Morgan fingerprint density at radius 3 is 2.43 bits per heavy atom. The maximum absolute atomic E-state index is 13.0. The molecule has 5 rings (SSSR count). The van der Waals surface area contributed by atoms with E-state index < -0.39 is 11.9 Å². The molecule has 12 heteroatoms. The van der Waals surface area contributed by atoms with Gasteiger partial charge in [-0.2, -0.15) is 0 Å². The second-order valence-corrected chi connectivity index (χ2v) is 11.2. The molecule has 3 heterocycles. The third-order valence-electron chi connectivity index (χ3n) is 7.07. The zero-order chi connectivity index (χ0) is 30.0. The number of nitrogens with two attached hydrogens (primary N) is 1. The molecule has 4 N–H and O–H groups in total. The summed E-state index contributed by atoms with van der Waals surface area (Å²) in [6, 6.07) is 11.7. The molecule has 4 aromatic rings. The Labute approximate surface area is 243 Å². The standard InChI is InChI=1S/C30H35N7O5/c1-30(2,3)26-17-27(35-42-26)34-29(39)33-21-7-6-18(14-23(21)37-12-10-36(4)11-13-37)41-24-8-9-32-22-16-25(40-5)20(28(31)38)15-19(22)24/h6-9,14-17H,10-13H2,1-5H3,(H2,31,38)(H2,33,34,35,39). The van der Waals surface area contributed by atoms with E-state index >= 15 is 0 Å². The van der Waals surface area contributed by atoms with Gasteiger partial charge in [-0.3, -0.25) is 15.1 Å². The van der Waals surface area contributed by atoms with Crippen molar-refractivity contribution in [2.75, 3.05) is 55.9 Å². The summed E-state index contributed by atoms with van der Waals surface area (Å²) >= 11 is 0. The van der Waals surface area contributed by atoms with Gasteiger partial charge in [-0.1, -0.05) is 25.9 Å². The zero-order valence-electron chi connectivity index (χ0n) is 24.4. The van der Waals surface area contributed by atoms with Crippen molar-refractivity contribution in [3.05, 3.63) is 60.0 Å². The average Bonchev–Trinajstić information content (AvgIpc) is 3.43. The van der Waals surface area contributed by atoms with Crippen LogP contribution >= 0.6 is 0 Å². The Morgan fingerprint density at radius 2 is 1.76 bits per heavy atom. The predicted octanol–water partition coefficient (Wildman–Crippen LogP) is 4.82. The van der Waals surface area contributed by atoms with E-state index in [1.54, 1.807) is 42.6 Å². The first-order chi connectivity index (χ1) is 20.0. The van der Waals surface area contributed by atoms with Crippen molar-refractivity contribution in [3.8, 4) is 17.2 Å². The topological polar surface area (TPSA) is 148 Å². The van der Waals surface area contributed by atoms with Crippen LogP contribution in [-0.4, -0.2) is 67.3 Å². The molecule has 1 aliphatic rings. The molecule has 0 aliphatic carbocycles. The van der Waals surface area contributed by atoms with Gasteiger partial charge in [0.15, 0.2) is 5.82 Å². The molecule has 0 saturated carbocycles. The number of pyridine rings is 1. The highest BCUT2D eigenvalue weighted by molar-refractivity contribution is 6.02. The minimum atomic E-state index is -0.616. The summed E-state index contributed by atoms with van der Waals surface area (Å²) in [7, 11) is 3.55. The fourth-order valence-electron chi connectivity index (χ4n) is 4.67. The van der Waals surface area contributed by atoms with E-state index in [1.165, 1.54) is 7.11 Å². The molecular formula is C30H35N7O5. The number of carbonyl (C=O) groups is 2. The molecule has 1 fully saturated rings. The molecule has 0 spiro atoms. The number of benzene rings is 2. The van der Waals surface area contributed by atoms with Gasteiger partial charge in [0, 0.05) is 61.4 Å². The number of aromatic nitrogens is 2. The number of hydrogen-bond donors (Lipinski definition) is 3. The van der Waals surface area contributed by atoms with Crippen LogP contribution in [0.3, 0.4) is 0 Å². The third-order valence-corrected chi connectivity index (χ3v) is 7.07. The van der Waals surface area contributed by atoms with Crippen LogP contribution in [0.2, 0.25) is 0 Å². The number of piperazine rings is 1. The first-order valence-electron chi connectivity index (χ1n) is 13.6. The van der Waals surface area contributed by atoms with Crippen molar-refractivity contribution in [1.82, 2.24) is 15.0 Å². The molecule has 3 amide bonds. The van der Waals surface area contributed by atoms with E-state index in [4.69, 9.17) is 19.7 Å². The maximum Gasteiger partial charge on any atom is 0.325 e. The highest BCUT2D eigenvalue weighted by Crippen LogP contribution is 2.37. The van der Waals surface area contributed by atoms with E-state index in [2.05, 4.69) is 37.6 Å². The summed E-state index contributed by atoms with van der Waals surface area (Å²) in [5, 5.41) is 10.3. The molecule has 2 aromatic carbocycles. The Hall–Kier alpha value is -4.84. The quantitative estimate of drug-likeness (QED) is 0.283. The van der Waals surface area contributed by atoms with Gasteiger partial charge in [0.05, 0.1) is 29.6 Å². The van der Waals surface area contributed by atoms with E-state index in [0.29, 0.717) is 45.4 Å². The summed E-state index contributed by atoms with van der Waals surface area (Å²) in [6.07, 6.45) is 1.62. The van der Waals surface area contributed by atoms with Crippen molar-refractivity contribution in [2.24, 2.45) is 5.73 Å². The van der Waals surface area contributed by atoms with Crippen molar-refractivity contribution >= 4 is 40.0 Å². The van der Waals surface area contributed by atoms with Crippen molar-refractivity contribution in [2.45, 2.75) is 26.2 Å². The van der Waals surface area contributed by atoms with Crippen LogP contribution in [0.25, 0.3) is 10.9 Å². The van der Waals surface area contributed by atoms with Crippen LogP contribution in [0.5, 0.6) is 17.2 Å². The van der Waals surface area contributed by atoms with Crippen molar-refractivity contribution in [3.63, 3.8) is 0 Å². The van der Waals surface area contributed by atoms with E-state index in [0.717, 1.165) is 31.9 Å². The molecule has 1 aliphatic heterocycles. The molecule has 0 unspecified atom stereocenters. The lowest BCUT2D eigenvalue weighted by Gasteiger charge is -2.35. The summed E-state index contributed by atoms with van der Waals surface area (Å²) < 4.78 is 17.0. The number of likely N-dealkylation sites (N-methyl/N-ethyl adjacent to an activating group) is 1. The van der Waals surface area contributed by atoms with Gasteiger partial charge < -0.3 is 34.8 Å². The fourth-order valence-corrected chi connectivity index (χ4v) is 4.67. The normalized spacial score (nSPS) is 14.1. The lowest BCUT2D eigenvalue weighted by atomic mass is 9.93. The molecule has 220 valence electrons. The van der Waals surface area contributed by atoms with Gasteiger partial charge in [-0.25, -0.2) is 4.79 Å².